The average molecular weight is 276 g/mol. The molecule has 2 aromatic heterocycles. The first kappa shape index (κ1) is 14.5. The minimum Gasteiger partial charge on any atom is -0.481 e. The molecule has 2 heterocycles. The Hall–Kier alpha value is -1.95. The topological polar surface area (TPSA) is 73.1 Å². The number of ether oxygens (including phenoxy) is 1. The molecule has 6 heteroatoms. The number of hydrogen-bond acceptors (Lipinski definition) is 6. The summed E-state index contributed by atoms with van der Waals surface area (Å²) in [5.41, 5.74) is 1.03. The fourth-order valence-corrected chi connectivity index (χ4v) is 1.81. The van der Waals surface area contributed by atoms with E-state index >= 15 is 0 Å². The number of likely N-dealkylation sites (N-methyl/N-ethyl adjacent to an activating group) is 1. The molecule has 1 N–H and O–H groups in total. The molecule has 0 amide bonds. The van der Waals surface area contributed by atoms with E-state index in [-0.39, 0.29) is 5.92 Å². The smallest absolute Gasteiger partial charge is 0.230 e. The lowest BCUT2D eigenvalue weighted by Gasteiger charge is -2.05. The van der Waals surface area contributed by atoms with Crippen LogP contribution in [0, 0.1) is 0 Å². The van der Waals surface area contributed by atoms with Crippen LogP contribution in [0.15, 0.2) is 22.9 Å². The van der Waals surface area contributed by atoms with Crippen molar-refractivity contribution in [3.05, 3.63) is 35.6 Å². The number of hydrogen-bond donors (Lipinski definition) is 1. The van der Waals surface area contributed by atoms with Gasteiger partial charge in [-0.15, -0.1) is 0 Å². The Kier molecular flexibility index (Phi) is 5.06. The van der Waals surface area contributed by atoms with Crippen LogP contribution in [-0.4, -0.2) is 35.3 Å². The highest BCUT2D eigenvalue weighted by Gasteiger charge is 2.14. The van der Waals surface area contributed by atoms with Gasteiger partial charge in [-0.05, 0) is 12.1 Å². The molecule has 1 atom stereocenters. The van der Waals surface area contributed by atoms with Crippen LogP contribution >= 0.6 is 0 Å². The summed E-state index contributed by atoms with van der Waals surface area (Å²) in [6.45, 7) is 5.91. The second kappa shape index (κ2) is 7.00. The van der Waals surface area contributed by atoms with E-state index in [1.54, 1.807) is 13.3 Å². The first-order valence-corrected chi connectivity index (χ1v) is 6.75. The van der Waals surface area contributed by atoms with Gasteiger partial charge in [-0.25, -0.2) is 4.98 Å². The van der Waals surface area contributed by atoms with E-state index in [9.17, 15) is 0 Å². The summed E-state index contributed by atoms with van der Waals surface area (Å²) < 4.78 is 10.3. The quantitative estimate of drug-likeness (QED) is 0.831. The zero-order valence-electron chi connectivity index (χ0n) is 12.1. The van der Waals surface area contributed by atoms with Gasteiger partial charge in [-0.3, -0.25) is 0 Å². The van der Waals surface area contributed by atoms with Crippen LogP contribution in [0.4, 0.5) is 0 Å². The molecule has 0 spiro atoms. The minimum absolute atomic E-state index is 0.213. The summed E-state index contributed by atoms with van der Waals surface area (Å²) in [4.78, 5) is 8.58. The second-order valence-corrected chi connectivity index (χ2v) is 4.64. The molecule has 0 bridgehead atoms. The molecule has 6 nitrogen and oxygen atoms in total. The zero-order chi connectivity index (χ0) is 14.4. The predicted octanol–water partition coefficient (Wildman–Crippen LogP) is 1.78. The van der Waals surface area contributed by atoms with Gasteiger partial charge in [-0.1, -0.05) is 25.1 Å². The molecule has 108 valence electrons. The molecular weight excluding hydrogens is 256 g/mol. The Morgan fingerprint density at radius 1 is 1.40 bits per heavy atom. The van der Waals surface area contributed by atoms with Crippen LogP contribution in [0.2, 0.25) is 0 Å². The van der Waals surface area contributed by atoms with E-state index in [4.69, 9.17) is 9.26 Å². The van der Waals surface area contributed by atoms with Crippen LogP contribution in [0.1, 0.15) is 37.0 Å². The molecule has 0 aromatic carbocycles. The lowest BCUT2D eigenvalue weighted by atomic mass is 10.2. The van der Waals surface area contributed by atoms with Crippen molar-refractivity contribution >= 4 is 0 Å². The van der Waals surface area contributed by atoms with Crippen molar-refractivity contribution in [2.24, 2.45) is 0 Å². The summed E-state index contributed by atoms with van der Waals surface area (Å²) in [6, 6.07) is 3.77. The Balaban J connectivity index is 1.97. The van der Waals surface area contributed by atoms with Crippen LogP contribution < -0.4 is 10.1 Å². The summed E-state index contributed by atoms with van der Waals surface area (Å²) in [7, 11) is 1.60. The monoisotopic (exact) mass is 276 g/mol. The van der Waals surface area contributed by atoms with Crippen LogP contribution in [0.5, 0.6) is 5.88 Å². The third kappa shape index (κ3) is 3.77. The first-order valence-electron chi connectivity index (χ1n) is 6.75. The Morgan fingerprint density at radius 3 is 2.90 bits per heavy atom. The second-order valence-electron chi connectivity index (χ2n) is 4.64. The molecule has 0 aliphatic heterocycles. The fraction of sp³-hybridized carbons (Fsp3) is 0.500. The number of rotatable bonds is 7. The Labute approximate surface area is 118 Å². The normalized spacial score (nSPS) is 12.3. The van der Waals surface area contributed by atoms with Crippen molar-refractivity contribution in [3.63, 3.8) is 0 Å². The first-order chi connectivity index (χ1) is 9.72. The summed E-state index contributed by atoms with van der Waals surface area (Å²) in [5, 5.41) is 7.28. The number of nitrogens with one attached hydrogen (secondary N) is 1. The van der Waals surface area contributed by atoms with Gasteiger partial charge in [0.05, 0.1) is 7.11 Å². The summed E-state index contributed by atoms with van der Waals surface area (Å²) in [5.74, 6) is 2.16. The van der Waals surface area contributed by atoms with E-state index in [0.29, 0.717) is 24.0 Å². The van der Waals surface area contributed by atoms with Gasteiger partial charge >= 0.3 is 0 Å². The van der Waals surface area contributed by atoms with E-state index < -0.39 is 0 Å². The molecule has 0 radical (unpaired) electrons. The number of aromatic nitrogens is 3. The maximum atomic E-state index is 5.29. The molecule has 1 unspecified atom stereocenters. The van der Waals surface area contributed by atoms with Crippen LogP contribution in [0.25, 0.3) is 0 Å². The van der Waals surface area contributed by atoms with Crippen LogP contribution in [-0.2, 0) is 6.42 Å². The van der Waals surface area contributed by atoms with Crippen molar-refractivity contribution in [2.75, 3.05) is 20.2 Å². The number of nitrogens with zero attached hydrogens (tertiary/aromatic N) is 3. The van der Waals surface area contributed by atoms with E-state index in [1.807, 2.05) is 12.1 Å². The largest absolute Gasteiger partial charge is 0.481 e. The molecule has 2 rings (SSSR count). The highest BCUT2D eigenvalue weighted by Crippen LogP contribution is 2.14. The van der Waals surface area contributed by atoms with Crippen molar-refractivity contribution in [3.8, 4) is 5.88 Å². The van der Waals surface area contributed by atoms with Crippen LogP contribution in [0.3, 0.4) is 0 Å². The molecule has 0 saturated heterocycles. The van der Waals surface area contributed by atoms with Crippen molar-refractivity contribution in [1.82, 2.24) is 20.4 Å². The molecule has 0 fully saturated rings. The molecule has 2 aromatic rings. The number of pyridine rings is 1. The van der Waals surface area contributed by atoms with Gasteiger partial charge in [0.2, 0.25) is 11.8 Å². The highest BCUT2D eigenvalue weighted by molar-refractivity contribution is 5.20. The van der Waals surface area contributed by atoms with E-state index in [1.165, 1.54) is 0 Å². The lowest BCUT2D eigenvalue weighted by molar-refractivity contribution is 0.352. The third-order valence-electron chi connectivity index (χ3n) is 2.97. The van der Waals surface area contributed by atoms with E-state index in [0.717, 1.165) is 18.7 Å². The van der Waals surface area contributed by atoms with Gasteiger partial charge in [0.15, 0.2) is 5.82 Å². The standard InChI is InChI=1S/C14H20N4O2/c1-4-15-8-10(2)14-17-12(18-20-14)7-11-5-6-13(19-3)16-9-11/h5-6,9-10,15H,4,7-8H2,1-3H3. The zero-order valence-corrected chi connectivity index (χ0v) is 12.1. The van der Waals surface area contributed by atoms with Gasteiger partial charge in [-0.2, -0.15) is 4.98 Å². The lowest BCUT2D eigenvalue weighted by Crippen LogP contribution is -2.19. The minimum atomic E-state index is 0.213. The Bertz CT molecular complexity index is 524. The average Bonchev–Trinajstić information content (AvgIpc) is 2.94. The molecule has 0 aliphatic carbocycles. The number of methoxy groups -OCH3 is 1. The molecule has 0 aliphatic rings. The SMILES string of the molecule is CCNCC(C)c1nc(Cc2ccc(OC)nc2)no1. The maximum absolute atomic E-state index is 5.29. The summed E-state index contributed by atoms with van der Waals surface area (Å²) in [6.07, 6.45) is 2.37. The van der Waals surface area contributed by atoms with Gasteiger partial charge in [0.25, 0.3) is 0 Å². The predicted molar refractivity (Wildman–Crippen MR) is 74.9 cm³/mol. The third-order valence-corrected chi connectivity index (χ3v) is 2.97. The fourth-order valence-electron chi connectivity index (χ4n) is 1.81. The van der Waals surface area contributed by atoms with Crippen molar-refractivity contribution in [2.45, 2.75) is 26.2 Å². The van der Waals surface area contributed by atoms with Gasteiger partial charge in [0, 0.05) is 31.1 Å². The Morgan fingerprint density at radius 2 is 2.25 bits per heavy atom. The molecular formula is C14H20N4O2. The summed E-state index contributed by atoms with van der Waals surface area (Å²) >= 11 is 0. The van der Waals surface area contributed by atoms with Crippen molar-refractivity contribution in [1.29, 1.82) is 0 Å². The highest BCUT2D eigenvalue weighted by atomic mass is 16.5. The molecule has 20 heavy (non-hydrogen) atoms. The van der Waals surface area contributed by atoms with E-state index in [2.05, 4.69) is 34.3 Å². The molecule has 0 saturated carbocycles. The van der Waals surface area contributed by atoms with Gasteiger partial charge in [0.1, 0.15) is 0 Å². The maximum Gasteiger partial charge on any atom is 0.230 e. The van der Waals surface area contributed by atoms with Crippen molar-refractivity contribution < 1.29 is 9.26 Å². The van der Waals surface area contributed by atoms with Gasteiger partial charge < -0.3 is 14.6 Å².